The molecule has 0 unspecified atom stereocenters. The first-order valence-corrected chi connectivity index (χ1v) is 4.96. The molecule has 0 aliphatic rings. The number of benzene rings is 1. The van der Waals surface area contributed by atoms with Gasteiger partial charge in [-0.25, -0.2) is 4.98 Å². The van der Waals surface area contributed by atoms with Gasteiger partial charge in [-0.3, -0.25) is 0 Å². The molecule has 2 N–H and O–H groups in total. The number of nitrogens with zero attached hydrogens (tertiary/aromatic N) is 1. The highest BCUT2D eigenvalue weighted by molar-refractivity contribution is 5.66. The van der Waals surface area contributed by atoms with E-state index in [1.165, 1.54) is 18.2 Å². The molecule has 0 atom stereocenters. The second kappa shape index (κ2) is 4.29. The van der Waals surface area contributed by atoms with E-state index in [-0.39, 0.29) is 11.3 Å². The maximum atomic E-state index is 12.9. The Kier molecular flexibility index (Phi) is 2.94. The third-order valence-electron chi connectivity index (χ3n) is 2.39. The second-order valence-corrected chi connectivity index (χ2v) is 3.68. The second-order valence-electron chi connectivity index (χ2n) is 3.68. The van der Waals surface area contributed by atoms with Crippen LogP contribution in [0.4, 0.5) is 23.2 Å². The minimum absolute atomic E-state index is 0.204. The van der Waals surface area contributed by atoms with Crippen molar-refractivity contribution in [2.75, 3.05) is 5.73 Å². The summed E-state index contributed by atoms with van der Waals surface area (Å²) in [6, 6.07) is 5.93. The van der Waals surface area contributed by atoms with Crippen LogP contribution >= 0.6 is 0 Å². The molecule has 1 aromatic heterocycles. The van der Waals surface area contributed by atoms with Crippen LogP contribution in [0.5, 0.6) is 0 Å². The average Bonchev–Trinajstić information content (AvgIpc) is 2.32. The van der Waals surface area contributed by atoms with Gasteiger partial charge in [0.15, 0.2) is 0 Å². The van der Waals surface area contributed by atoms with Gasteiger partial charge < -0.3 is 5.73 Å². The van der Waals surface area contributed by atoms with E-state index in [1.54, 1.807) is 0 Å². The molecule has 0 aliphatic carbocycles. The fourth-order valence-corrected chi connectivity index (χ4v) is 1.50. The van der Waals surface area contributed by atoms with Crippen molar-refractivity contribution in [1.82, 2.24) is 4.98 Å². The SMILES string of the molecule is Nc1cc(-c2cccc(C(F)(F)F)c2)cnc1F. The van der Waals surface area contributed by atoms with Crippen molar-refractivity contribution in [2.45, 2.75) is 6.18 Å². The summed E-state index contributed by atoms with van der Waals surface area (Å²) in [5.74, 6) is -0.842. The Hall–Kier alpha value is -2.11. The van der Waals surface area contributed by atoms with Gasteiger partial charge in [0.25, 0.3) is 0 Å². The molecule has 0 saturated heterocycles. The molecule has 94 valence electrons. The van der Waals surface area contributed by atoms with E-state index in [4.69, 9.17) is 5.73 Å². The zero-order chi connectivity index (χ0) is 13.3. The Morgan fingerprint density at radius 2 is 1.78 bits per heavy atom. The van der Waals surface area contributed by atoms with Crippen LogP contribution in [-0.4, -0.2) is 4.98 Å². The lowest BCUT2D eigenvalue weighted by Gasteiger charge is -2.09. The van der Waals surface area contributed by atoms with E-state index in [2.05, 4.69) is 4.98 Å². The van der Waals surface area contributed by atoms with Crippen LogP contribution in [0, 0.1) is 5.95 Å². The molecule has 1 heterocycles. The number of rotatable bonds is 1. The number of aromatic nitrogens is 1. The average molecular weight is 256 g/mol. The molecule has 2 rings (SSSR count). The Morgan fingerprint density at radius 1 is 1.06 bits per heavy atom. The van der Waals surface area contributed by atoms with Crippen LogP contribution in [0.1, 0.15) is 5.56 Å². The van der Waals surface area contributed by atoms with Gasteiger partial charge in [-0.2, -0.15) is 17.6 Å². The van der Waals surface area contributed by atoms with Gasteiger partial charge in [0, 0.05) is 11.8 Å². The summed E-state index contributed by atoms with van der Waals surface area (Å²) in [7, 11) is 0. The molecule has 0 amide bonds. The molecule has 0 fully saturated rings. The van der Waals surface area contributed by atoms with E-state index < -0.39 is 17.7 Å². The number of nitrogens with two attached hydrogens (primary N) is 1. The monoisotopic (exact) mass is 256 g/mol. The zero-order valence-corrected chi connectivity index (χ0v) is 9.00. The lowest BCUT2D eigenvalue weighted by atomic mass is 10.0. The summed E-state index contributed by atoms with van der Waals surface area (Å²) in [6.45, 7) is 0. The molecule has 1 aromatic carbocycles. The number of halogens is 4. The van der Waals surface area contributed by atoms with Crippen molar-refractivity contribution in [3.05, 3.63) is 48.0 Å². The Bertz CT molecular complexity index is 579. The van der Waals surface area contributed by atoms with E-state index in [0.29, 0.717) is 5.56 Å². The minimum atomic E-state index is -4.42. The predicted octanol–water partition coefficient (Wildman–Crippen LogP) is 3.49. The Balaban J connectivity index is 2.48. The predicted molar refractivity (Wildman–Crippen MR) is 59.0 cm³/mol. The number of pyridine rings is 1. The molecular formula is C12H8F4N2. The van der Waals surface area contributed by atoms with Crippen molar-refractivity contribution >= 4 is 5.69 Å². The minimum Gasteiger partial charge on any atom is -0.395 e. The fraction of sp³-hybridized carbons (Fsp3) is 0.0833. The van der Waals surface area contributed by atoms with E-state index in [9.17, 15) is 17.6 Å². The third kappa shape index (κ3) is 2.42. The lowest BCUT2D eigenvalue weighted by Crippen LogP contribution is -2.04. The normalized spacial score (nSPS) is 11.6. The smallest absolute Gasteiger partial charge is 0.395 e. The molecule has 2 aromatic rings. The zero-order valence-electron chi connectivity index (χ0n) is 9.00. The van der Waals surface area contributed by atoms with Crippen molar-refractivity contribution < 1.29 is 17.6 Å². The van der Waals surface area contributed by atoms with Gasteiger partial charge in [-0.1, -0.05) is 12.1 Å². The van der Waals surface area contributed by atoms with Crippen molar-refractivity contribution in [1.29, 1.82) is 0 Å². The van der Waals surface area contributed by atoms with Crippen molar-refractivity contribution in [3.63, 3.8) is 0 Å². The summed E-state index contributed by atoms with van der Waals surface area (Å²) in [4.78, 5) is 3.37. The molecule has 0 saturated carbocycles. The van der Waals surface area contributed by atoms with Crippen LogP contribution in [0.2, 0.25) is 0 Å². The van der Waals surface area contributed by atoms with Crippen LogP contribution in [-0.2, 0) is 6.18 Å². The van der Waals surface area contributed by atoms with Crippen LogP contribution in [0.15, 0.2) is 36.5 Å². The van der Waals surface area contributed by atoms with E-state index in [1.807, 2.05) is 0 Å². The standard InChI is InChI=1S/C12H8F4N2/c13-11-10(17)5-8(6-18-11)7-2-1-3-9(4-7)12(14,15)16/h1-6H,17H2. The Labute approximate surface area is 100 Å². The number of nitrogen functional groups attached to an aromatic ring is 1. The van der Waals surface area contributed by atoms with Gasteiger partial charge in [0.2, 0.25) is 5.95 Å². The lowest BCUT2D eigenvalue weighted by molar-refractivity contribution is -0.137. The number of hydrogen-bond donors (Lipinski definition) is 1. The van der Waals surface area contributed by atoms with Crippen molar-refractivity contribution in [3.8, 4) is 11.1 Å². The number of alkyl halides is 3. The molecular weight excluding hydrogens is 248 g/mol. The third-order valence-corrected chi connectivity index (χ3v) is 2.39. The summed E-state index contributed by atoms with van der Waals surface area (Å²) in [5.41, 5.74) is 4.96. The van der Waals surface area contributed by atoms with Gasteiger partial charge >= 0.3 is 6.18 Å². The molecule has 0 bridgehead atoms. The fourth-order valence-electron chi connectivity index (χ4n) is 1.50. The largest absolute Gasteiger partial charge is 0.416 e. The first-order valence-electron chi connectivity index (χ1n) is 4.96. The molecule has 0 spiro atoms. The van der Waals surface area contributed by atoms with Crippen molar-refractivity contribution in [2.24, 2.45) is 0 Å². The van der Waals surface area contributed by atoms with Gasteiger partial charge in [-0.05, 0) is 23.8 Å². The quantitative estimate of drug-likeness (QED) is 0.626. The highest BCUT2D eigenvalue weighted by Crippen LogP contribution is 2.32. The van der Waals surface area contributed by atoms with Gasteiger partial charge in [-0.15, -0.1) is 0 Å². The van der Waals surface area contributed by atoms with Crippen LogP contribution in [0.25, 0.3) is 11.1 Å². The van der Waals surface area contributed by atoms with Crippen LogP contribution in [0.3, 0.4) is 0 Å². The summed E-state index contributed by atoms with van der Waals surface area (Å²) < 4.78 is 50.4. The molecule has 6 heteroatoms. The maximum Gasteiger partial charge on any atom is 0.416 e. The highest BCUT2D eigenvalue weighted by atomic mass is 19.4. The van der Waals surface area contributed by atoms with E-state index >= 15 is 0 Å². The van der Waals surface area contributed by atoms with Crippen LogP contribution < -0.4 is 5.73 Å². The summed E-state index contributed by atoms with van der Waals surface area (Å²) in [5, 5.41) is 0. The summed E-state index contributed by atoms with van der Waals surface area (Å²) >= 11 is 0. The molecule has 0 aliphatic heterocycles. The Morgan fingerprint density at radius 3 is 2.39 bits per heavy atom. The number of anilines is 1. The van der Waals surface area contributed by atoms with E-state index in [0.717, 1.165) is 18.3 Å². The maximum absolute atomic E-state index is 12.9. The first kappa shape index (κ1) is 12.3. The molecule has 2 nitrogen and oxygen atoms in total. The number of hydrogen-bond acceptors (Lipinski definition) is 2. The first-order chi connectivity index (χ1) is 8.38. The van der Waals surface area contributed by atoms with Gasteiger partial charge in [0.1, 0.15) is 0 Å². The highest BCUT2D eigenvalue weighted by Gasteiger charge is 2.30. The molecule has 0 radical (unpaired) electrons. The molecule has 18 heavy (non-hydrogen) atoms. The summed E-state index contributed by atoms with van der Waals surface area (Å²) in [6.07, 6.45) is -3.28. The van der Waals surface area contributed by atoms with Gasteiger partial charge in [0.05, 0.1) is 11.3 Å². The topological polar surface area (TPSA) is 38.9 Å².